The minimum atomic E-state index is -4.88. The van der Waals surface area contributed by atoms with E-state index in [1.54, 1.807) is 17.9 Å². The molecule has 0 bridgehead atoms. The normalized spacial score (nSPS) is 16.6. The van der Waals surface area contributed by atoms with E-state index in [2.05, 4.69) is 15.1 Å². The molecular weight excluding hydrogens is 504 g/mol. The van der Waals surface area contributed by atoms with Crippen molar-refractivity contribution in [2.45, 2.75) is 19.2 Å². The van der Waals surface area contributed by atoms with Crippen molar-refractivity contribution in [2.24, 2.45) is 7.05 Å². The predicted octanol–water partition coefficient (Wildman–Crippen LogP) is 4.19. The Morgan fingerprint density at radius 1 is 1.19 bits per heavy atom. The first kappa shape index (κ1) is 24.2. The van der Waals surface area contributed by atoms with Crippen LogP contribution < -0.4 is 10.5 Å². The Morgan fingerprint density at radius 3 is 2.64 bits per heavy atom. The highest BCUT2D eigenvalue weighted by atomic mass is 35.5. The molecule has 1 aliphatic rings. The second-order valence-corrected chi connectivity index (χ2v) is 8.84. The average molecular weight is 523 g/mol. The zero-order chi connectivity index (χ0) is 25.8. The molecule has 4 aromatic rings. The Morgan fingerprint density at radius 2 is 1.97 bits per heavy atom. The fourth-order valence-corrected chi connectivity index (χ4v) is 4.33. The summed E-state index contributed by atoms with van der Waals surface area (Å²) in [7, 11) is 1.78. The van der Waals surface area contributed by atoms with Crippen LogP contribution in [-0.4, -0.2) is 43.8 Å². The number of rotatable bonds is 3. The Bertz CT molecular complexity index is 1530. The van der Waals surface area contributed by atoms with Crippen molar-refractivity contribution in [3.63, 3.8) is 0 Å². The van der Waals surface area contributed by atoms with Crippen LogP contribution in [0.5, 0.6) is 0 Å². The smallest absolute Gasteiger partial charge is 0.370 e. The van der Waals surface area contributed by atoms with Gasteiger partial charge in [0, 0.05) is 41.5 Å². The molecule has 188 valence electrons. The molecule has 36 heavy (non-hydrogen) atoms. The SMILES string of the molecule is Cc1c(C(F)(F)F)nc2c(-c3ccc(Cl)cc3F)nc(N3CCO[C@@H](c4cnn(C)c4)C3)cn2c1=O. The molecule has 0 amide bonds. The van der Waals surface area contributed by atoms with Crippen LogP contribution in [0.3, 0.4) is 0 Å². The summed E-state index contributed by atoms with van der Waals surface area (Å²) in [4.78, 5) is 23.1. The molecule has 0 spiro atoms. The average Bonchev–Trinajstić information content (AvgIpc) is 3.26. The number of anilines is 1. The van der Waals surface area contributed by atoms with Gasteiger partial charge in [0.05, 0.1) is 25.5 Å². The van der Waals surface area contributed by atoms with E-state index in [0.29, 0.717) is 19.7 Å². The molecule has 1 aliphatic heterocycles. The first-order valence-corrected chi connectivity index (χ1v) is 11.2. The standard InChI is InChI=1S/C23H19ClF4N6O2/c1-12-20(23(26,27)28)31-21-19(15-4-3-14(24)7-16(15)25)30-18(11-34(21)22(12)35)33-5-6-36-17(10-33)13-8-29-32(2)9-13/h3-4,7-9,11,17H,5-6,10H2,1-2H3/t17-/m1/s1. The van der Waals surface area contributed by atoms with Gasteiger partial charge in [0.1, 0.15) is 23.4 Å². The molecule has 8 nitrogen and oxygen atoms in total. The summed E-state index contributed by atoms with van der Waals surface area (Å²) in [6, 6.07) is 3.70. The van der Waals surface area contributed by atoms with Crippen LogP contribution in [0.4, 0.5) is 23.4 Å². The van der Waals surface area contributed by atoms with Crippen molar-refractivity contribution < 1.29 is 22.3 Å². The molecular formula is C23H19ClF4N6O2. The van der Waals surface area contributed by atoms with Crippen molar-refractivity contribution in [3.8, 4) is 11.3 Å². The highest BCUT2D eigenvalue weighted by Crippen LogP contribution is 2.34. The van der Waals surface area contributed by atoms with E-state index in [1.807, 2.05) is 11.1 Å². The van der Waals surface area contributed by atoms with Crippen molar-refractivity contribution in [1.82, 2.24) is 24.1 Å². The number of aryl methyl sites for hydroxylation is 1. The van der Waals surface area contributed by atoms with Crippen molar-refractivity contribution in [1.29, 1.82) is 0 Å². The van der Waals surface area contributed by atoms with Crippen LogP contribution in [-0.2, 0) is 18.0 Å². The van der Waals surface area contributed by atoms with Gasteiger partial charge in [0.25, 0.3) is 5.56 Å². The molecule has 1 atom stereocenters. The fraction of sp³-hybridized carbons (Fsp3) is 0.304. The van der Waals surface area contributed by atoms with Gasteiger partial charge in [0.2, 0.25) is 0 Å². The molecule has 5 rings (SSSR count). The lowest BCUT2D eigenvalue weighted by molar-refractivity contribution is -0.141. The number of aromatic nitrogens is 5. The zero-order valence-corrected chi connectivity index (χ0v) is 19.8. The number of benzene rings is 1. The molecule has 1 aromatic carbocycles. The van der Waals surface area contributed by atoms with Crippen molar-refractivity contribution >= 4 is 23.1 Å². The number of alkyl halides is 3. The molecule has 1 fully saturated rings. The molecule has 1 saturated heterocycles. The van der Waals surface area contributed by atoms with Crippen LogP contribution in [0.25, 0.3) is 16.9 Å². The topological polar surface area (TPSA) is 77.6 Å². The molecule has 0 radical (unpaired) electrons. The van der Waals surface area contributed by atoms with E-state index < -0.39 is 34.5 Å². The lowest BCUT2D eigenvalue weighted by Crippen LogP contribution is -2.39. The second kappa shape index (κ2) is 8.86. The number of nitrogens with zero attached hydrogens (tertiary/aromatic N) is 6. The van der Waals surface area contributed by atoms with Crippen LogP contribution in [0.15, 0.2) is 41.6 Å². The number of hydrogen-bond acceptors (Lipinski definition) is 6. The maximum Gasteiger partial charge on any atom is 0.433 e. The molecule has 0 N–H and O–H groups in total. The Labute approximate surface area is 206 Å². The second-order valence-electron chi connectivity index (χ2n) is 8.41. The van der Waals surface area contributed by atoms with Crippen molar-refractivity contribution in [2.75, 3.05) is 24.6 Å². The molecule has 0 unspecified atom stereocenters. The van der Waals surface area contributed by atoms with Crippen molar-refractivity contribution in [3.05, 3.63) is 74.8 Å². The van der Waals surface area contributed by atoms with E-state index in [0.717, 1.165) is 23.0 Å². The third kappa shape index (κ3) is 4.30. The number of ether oxygens (including phenoxy) is 1. The van der Waals surface area contributed by atoms with E-state index in [-0.39, 0.29) is 28.2 Å². The Hall–Kier alpha value is -3.51. The third-order valence-corrected chi connectivity index (χ3v) is 6.20. The summed E-state index contributed by atoms with van der Waals surface area (Å²) in [6.07, 6.45) is -0.432. The van der Waals surface area contributed by atoms with Gasteiger partial charge in [-0.1, -0.05) is 11.6 Å². The van der Waals surface area contributed by atoms with Gasteiger partial charge < -0.3 is 9.64 Å². The van der Waals surface area contributed by atoms with Gasteiger partial charge in [-0.2, -0.15) is 18.3 Å². The summed E-state index contributed by atoms with van der Waals surface area (Å²) in [5.41, 5.74) is -2.79. The van der Waals surface area contributed by atoms with Gasteiger partial charge in [-0.25, -0.2) is 14.4 Å². The third-order valence-electron chi connectivity index (χ3n) is 5.97. The van der Waals surface area contributed by atoms with Crippen LogP contribution >= 0.6 is 11.6 Å². The fourth-order valence-electron chi connectivity index (χ4n) is 4.17. The van der Waals surface area contributed by atoms with Crippen LogP contribution in [0.1, 0.15) is 22.9 Å². The number of morpholine rings is 1. The van der Waals surface area contributed by atoms with Crippen LogP contribution in [0.2, 0.25) is 5.02 Å². The minimum absolute atomic E-state index is 0.0983. The number of hydrogen-bond donors (Lipinski definition) is 0. The van der Waals surface area contributed by atoms with E-state index >= 15 is 0 Å². The largest absolute Gasteiger partial charge is 0.433 e. The highest BCUT2D eigenvalue weighted by molar-refractivity contribution is 6.30. The summed E-state index contributed by atoms with van der Waals surface area (Å²) >= 11 is 5.87. The predicted molar refractivity (Wildman–Crippen MR) is 124 cm³/mol. The monoisotopic (exact) mass is 522 g/mol. The van der Waals surface area contributed by atoms with Crippen LogP contribution in [0, 0.1) is 12.7 Å². The van der Waals surface area contributed by atoms with Gasteiger partial charge >= 0.3 is 6.18 Å². The number of halogens is 5. The summed E-state index contributed by atoms with van der Waals surface area (Å²) in [5, 5.41) is 4.25. The maximum atomic E-state index is 14.9. The Balaban J connectivity index is 1.71. The first-order chi connectivity index (χ1) is 17.0. The first-order valence-electron chi connectivity index (χ1n) is 10.8. The lowest BCUT2D eigenvalue weighted by atomic mass is 10.1. The molecule has 13 heteroatoms. The summed E-state index contributed by atoms with van der Waals surface area (Å²) in [5.74, 6) is -0.556. The molecule has 3 aromatic heterocycles. The van der Waals surface area contributed by atoms with Gasteiger partial charge in [-0.05, 0) is 25.1 Å². The van der Waals surface area contributed by atoms with E-state index in [9.17, 15) is 22.4 Å². The molecule has 0 saturated carbocycles. The Kier molecular flexibility index (Phi) is 5.95. The molecule has 0 aliphatic carbocycles. The quantitative estimate of drug-likeness (QED) is 0.376. The maximum absolute atomic E-state index is 14.9. The number of fused-ring (bicyclic) bond motifs is 1. The summed E-state index contributed by atoms with van der Waals surface area (Å²) in [6.45, 7) is 2.09. The molecule has 4 heterocycles. The summed E-state index contributed by atoms with van der Waals surface area (Å²) < 4.78 is 64.3. The van der Waals surface area contributed by atoms with Gasteiger partial charge in [-0.3, -0.25) is 13.9 Å². The van der Waals surface area contributed by atoms with Gasteiger partial charge in [-0.15, -0.1) is 0 Å². The minimum Gasteiger partial charge on any atom is -0.370 e. The van der Waals surface area contributed by atoms with E-state index in [4.69, 9.17) is 16.3 Å². The van der Waals surface area contributed by atoms with Gasteiger partial charge in [0.15, 0.2) is 11.3 Å². The lowest BCUT2D eigenvalue weighted by Gasteiger charge is -2.33. The van der Waals surface area contributed by atoms with E-state index in [1.165, 1.54) is 18.3 Å². The highest BCUT2D eigenvalue weighted by Gasteiger charge is 2.37. The zero-order valence-electron chi connectivity index (χ0n) is 19.1.